The van der Waals surface area contributed by atoms with Gasteiger partial charge in [0.25, 0.3) is 0 Å². The molecule has 0 atom stereocenters. The Morgan fingerprint density at radius 1 is 1.19 bits per heavy atom. The van der Waals surface area contributed by atoms with Crippen molar-refractivity contribution in [3.8, 4) is 0 Å². The van der Waals surface area contributed by atoms with Crippen LogP contribution >= 0.6 is 11.3 Å². The number of aryl methyl sites for hydroxylation is 1. The van der Waals surface area contributed by atoms with E-state index in [1.54, 1.807) is 11.3 Å². The smallest absolute Gasteiger partial charge is 0.222 e. The van der Waals surface area contributed by atoms with E-state index >= 15 is 0 Å². The molecule has 0 aliphatic heterocycles. The Morgan fingerprint density at radius 3 is 2.86 bits per heavy atom. The molecule has 3 rings (SSSR count). The van der Waals surface area contributed by atoms with E-state index in [2.05, 4.69) is 39.3 Å². The summed E-state index contributed by atoms with van der Waals surface area (Å²) in [5.74, 6) is 0.707. The van der Waals surface area contributed by atoms with Crippen molar-refractivity contribution in [3.63, 3.8) is 0 Å². The first-order valence-electron chi connectivity index (χ1n) is 7.17. The molecule has 0 aliphatic rings. The van der Waals surface area contributed by atoms with Crippen LogP contribution in [0.1, 0.15) is 29.6 Å². The van der Waals surface area contributed by atoms with Crippen LogP contribution in [-0.4, -0.2) is 21.5 Å². The standard InChI is InChI=1S/C16H18N4S/c1-3-8-17-16-18-10-11(2)13(20-16)9-15-19-12-6-4-5-7-14(12)21-15/h4-7,10H,3,8-9H2,1-2H3,(H,17,18,20). The summed E-state index contributed by atoms with van der Waals surface area (Å²) >= 11 is 1.73. The Kier molecular flexibility index (Phi) is 4.10. The molecule has 2 heterocycles. The quantitative estimate of drug-likeness (QED) is 0.778. The minimum atomic E-state index is 0.707. The average Bonchev–Trinajstić information content (AvgIpc) is 2.90. The van der Waals surface area contributed by atoms with Crippen LogP contribution in [0.15, 0.2) is 30.5 Å². The molecule has 0 aliphatic carbocycles. The van der Waals surface area contributed by atoms with Crippen LogP contribution in [-0.2, 0) is 6.42 Å². The zero-order valence-electron chi connectivity index (χ0n) is 12.3. The molecule has 0 saturated carbocycles. The largest absolute Gasteiger partial charge is 0.354 e. The Balaban J connectivity index is 1.86. The molecule has 2 aromatic heterocycles. The van der Waals surface area contributed by atoms with Gasteiger partial charge in [-0.2, -0.15) is 0 Å². The van der Waals surface area contributed by atoms with Crippen LogP contribution in [0.4, 0.5) is 5.95 Å². The number of anilines is 1. The SMILES string of the molecule is CCCNc1ncc(C)c(Cc2nc3ccccc3s2)n1. The summed E-state index contributed by atoms with van der Waals surface area (Å²) in [6, 6.07) is 8.23. The second kappa shape index (κ2) is 6.18. The van der Waals surface area contributed by atoms with Crippen molar-refractivity contribution in [2.75, 3.05) is 11.9 Å². The maximum Gasteiger partial charge on any atom is 0.222 e. The predicted molar refractivity (Wildman–Crippen MR) is 88.0 cm³/mol. The third-order valence-electron chi connectivity index (χ3n) is 3.27. The lowest BCUT2D eigenvalue weighted by atomic mass is 10.2. The number of nitrogens with one attached hydrogen (secondary N) is 1. The molecule has 0 bridgehead atoms. The normalized spacial score (nSPS) is 11.0. The van der Waals surface area contributed by atoms with Gasteiger partial charge in [-0.05, 0) is 31.0 Å². The van der Waals surface area contributed by atoms with Crippen molar-refractivity contribution in [1.29, 1.82) is 0 Å². The van der Waals surface area contributed by atoms with Crippen LogP contribution in [0.25, 0.3) is 10.2 Å². The van der Waals surface area contributed by atoms with E-state index in [1.807, 2.05) is 25.3 Å². The molecule has 108 valence electrons. The number of hydrogen-bond donors (Lipinski definition) is 1. The van der Waals surface area contributed by atoms with Crippen molar-refractivity contribution in [2.45, 2.75) is 26.7 Å². The fourth-order valence-electron chi connectivity index (χ4n) is 2.12. The summed E-state index contributed by atoms with van der Waals surface area (Å²) < 4.78 is 1.23. The van der Waals surface area contributed by atoms with Crippen molar-refractivity contribution in [1.82, 2.24) is 15.0 Å². The van der Waals surface area contributed by atoms with Gasteiger partial charge in [0.1, 0.15) is 0 Å². The van der Waals surface area contributed by atoms with E-state index in [0.29, 0.717) is 5.95 Å². The summed E-state index contributed by atoms with van der Waals surface area (Å²) in [6.45, 7) is 5.07. The molecule has 3 aromatic rings. The Morgan fingerprint density at radius 2 is 2.05 bits per heavy atom. The predicted octanol–water partition coefficient (Wildman–Crippen LogP) is 3.81. The molecule has 0 radical (unpaired) electrons. The summed E-state index contributed by atoms with van der Waals surface area (Å²) in [5.41, 5.74) is 3.22. The van der Waals surface area contributed by atoms with Gasteiger partial charge in [-0.1, -0.05) is 19.1 Å². The zero-order chi connectivity index (χ0) is 14.7. The van der Waals surface area contributed by atoms with Crippen LogP contribution in [0.2, 0.25) is 0 Å². The Hall–Kier alpha value is -2.01. The topological polar surface area (TPSA) is 50.7 Å². The number of thiazole rings is 1. The lowest BCUT2D eigenvalue weighted by molar-refractivity contribution is 0.927. The lowest BCUT2D eigenvalue weighted by Gasteiger charge is -2.07. The number of fused-ring (bicyclic) bond motifs is 1. The Labute approximate surface area is 128 Å². The second-order valence-corrected chi connectivity index (χ2v) is 6.12. The van der Waals surface area contributed by atoms with Crippen molar-refractivity contribution in [3.05, 3.63) is 46.7 Å². The van der Waals surface area contributed by atoms with Gasteiger partial charge in [-0.15, -0.1) is 11.3 Å². The molecule has 0 fully saturated rings. The van der Waals surface area contributed by atoms with Gasteiger partial charge in [0.15, 0.2) is 0 Å². The number of nitrogens with zero attached hydrogens (tertiary/aromatic N) is 3. The number of para-hydroxylation sites is 1. The van der Waals surface area contributed by atoms with Gasteiger partial charge in [0.2, 0.25) is 5.95 Å². The number of benzene rings is 1. The van der Waals surface area contributed by atoms with Gasteiger partial charge in [-0.25, -0.2) is 15.0 Å². The average molecular weight is 298 g/mol. The van der Waals surface area contributed by atoms with Gasteiger partial charge < -0.3 is 5.32 Å². The molecule has 5 heteroatoms. The summed E-state index contributed by atoms with van der Waals surface area (Å²) in [7, 11) is 0. The van der Waals surface area contributed by atoms with Crippen LogP contribution in [0.3, 0.4) is 0 Å². The lowest BCUT2D eigenvalue weighted by Crippen LogP contribution is -2.07. The fourth-order valence-corrected chi connectivity index (χ4v) is 3.09. The van der Waals surface area contributed by atoms with Gasteiger partial charge >= 0.3 is 0 Å². The van der Waals surface area contributed by atoms with E-state index < -0.39 is 0 Å². The molecule has 1 N–H and O–H groups in total. The fraction of sp³-hybridized carbons (Fsp3) is 0.312. The number of rotatable bonds is 5. The number of aromatic nitrogens is 3. The van der Waals surface area contributed by atoms with Crippen LogP contribution in [0.5, 0.6) is 0 Å². The van der Waals surface area contributed by atoms with Gasteiger partial charge in [0, 0.05) is 19.2 Å². The highest BCUT2D eigenvalue weighted by atomic mass is 32.1. The molecule has 0 unspecified atom stereocenters. The van der Waals surface area contributed by atoms with Crippen LogP contribution in [0, 0.1) is 6.92 Å². The molecule has 21 heavy (non-hydrogen) atoms. The highest BCUT2D eigenvalue weighted by Gasteiger charge is 2.09. The van der Waals surface area contributed by atoms with Gasteiger partial charge in [0.05, 0.1) is 20.9 Å². The van der Waals surface area contributed by atoms with E-state index in [1.165, 1.54) is 4.70 Å². The number of hydrogen-bond acceptors (Lipinski definition) is 5. The van der Waals surface area contributed by atoms with E-state index in [9.17, 15) is 0 Å². The summed E-state index contributed by atoms with van der Waals surface area (Å²) in [5, 5.41) is 4.33. The highest BCUT2D eigenvalue weighted by Crippen LogP contribution is 2.24. The van der Waals surface area contributed by atoms with Crippen LogP contribution < -0.4 is 5.32 Å². The summed E-state index contributed by atoms with van der Waals surface area (Å²) in [6.07, 6.45) is 3.70. The third-order valence-corrected chi connectivity index (χ3v) is 4.30. The maximum absolute atomic E-state index is 4.68. The zero-order valence-corrected chi connectivity index (χ0v) is 13.1. The molecular weight excluding hydrogens is 280 g/mol. The molecule has 4 nitrogen and oxygen atoms in total. The van der Waals surface area contributed by atoms with Crippen molar-refractivity contribution >= 4 is 27.5 Å². The maximum atomic E-state index is 4.68. The van der Waals surface area contributed by atoms with E-state index in [0.717, 1.165) is 41.2 Å². The second-order valence-electron chi connectivity index (χ2n) is 5.00. The first-order valence-corrected chi connectivity index (χ1v) is 7.98. The molecule has 1 aromatic carbocycles. The first-order chi connectivity index (χ1) is 10.3. The van der Waals surface area contributed by atoms with E-state index in [4.69, 9.17) is 0 Å². The van der Waals surface area contributed by atoms with Gasteiger partial charge in [-0.3, -0.25) is 0 Å². The van der Waals surface area contributed by atoms with Crippen molar-refractivity contribution < 1.29 is 0 Å². The Bertz CT molecular complexity index is 718. The minimum absolute atomic E-state index is 0.707. The molecule has 0 amide bonds. The molecule has 0 saturated heterocycles. The van der Waals surface area contributed by atoms with Crippen molar-refractivity contribution in [2.24, 2.45) is 0 Å². The molecular formula is C16H18N4S. The first kappa shape index (κ1) is 13.9. The third kappa shape index (κ3) is 3.19. The minimum Gasteiger partial charge on any atom is -0.354 e. The highest BCUT2D eigenvalue weighted by molar-refractivity contribution is 7.18. The summed E-state index contributed by atoms with van der Waals surface area (Å²) in [4.78, 5) is 13.6. The van der Waals surface area contributed by atoms with E-state index in [-0.39, 0.29) is 0 Å². The monoisotopic (exact) mass is 298 g/mol. The molecule has 0 spiro atoms.